The van der Waals surface area contributed by atoms with E-state index in [-0.39, 0.29) is 16.9 Å². The Morgan fingerprint density at radius 1 is 1.55 bits per heavy atom. The monoisotopic (exact) mass is 280 g/mol. The number of nitrogens with one attached hydrogen (secondary N) is 1. The molecular weight excluding hydrogens is 264 g/mol. The highest BCUT2D eigenvalue weighted by molar-refractivity contribution is 5.89. The quantitative estimate of drug-likeness (QED) is 0.612. The second-order valence-electron chi connectivity index (χ2n) is 4.89. The van der Waals surface area contributed by atoms with E-state index in [0.717, 1.165) is 25.3 Å². The number of carboxylic acids is 1. The minimum Gasteiger partial charge on any atom is -0.478 e. The summed E-state index contributed by atoms with van der Waals surface area (Å²) in [4.78, 5) is 21.3. The Kier molecular flexibility index (Phi) is 3.89. The summed E-state index contributed by atoms with van der Waals surface area (Å²) in [6, 6.07) is 3.83. The van der Waals surface area contributed by atoms with Gasteiger partial charge in [0.1, 0.15) is 5.69 Å². The van der Waals surface area contributed by atoms with Crippen molar-refractivity contribution in [2.45, 2.75) is 24.9 Å². The van der Waals surface area contributed by atoms with Gasteiger partial charge in [0.05, 0.1) is 16.1 Å². The van der Waals surface area contributed by atoms with Gasteiger partial charge >= 0.3 is 5.97 Å². The molecule has 1 aliphatic rings. The molecule has 0 spiro atoms. The Hall–Kier alpha value is -2.15. The van der Waals surface area contributed by atoms with E-state index >= 15 is 0 Å². The number of benzene rings is 1. The number of anilines is 1. The average Bonchev–Trinajstić information content (AvgIpc) is 2.37. The number of carboxylic acid groups (broad SMARTS) is 1. The third-order valence-electron chi connectivity index (χ3n) is 3.74. The lowest BCUT2D eigenvalue weighted by Crippen LogP contribution is -2.45. The van der Waals surface area contributed by atoms with E-state index in [9.17, 15) is 14.9 Å². The summed E-state index contributed by atoms with van der Waals surface area (Å²) in [6.45, 7) is 0.469. The Bertz CT molecular complexity index is 534. The Morgan fingerprint density at radius 3 is 2.70 bits per heavy atom. The molecule has 1 aromatic carbocycles. The average molecular weight is 280 g/mol. The normalized spacial score (nSPS) is 16.2. The molecule has 0 amide bonds. The van der Waals surface area contributed by atoms with Crippen LogP contribution in [0.25, 0.3) is 0 Å². The van der Waals surface area contributed by atoms with Crippen molar-refractivity contribution in [1.29, 1.82) is 0 Å². The molecule has 0 saturated heterocycles. The van der Waals surface area contributed by atoms with Crippen molar-refractivity contribution in [2.75, 3.05) is 19.0 Å². The lowest BCUT2D eigenvalue weighted by atomic mass is 9.80. The van der Waals surface area contributed by atoms with Crippen LogP contribution in [0.5, 0.6) is 0 Å². The molecule has 7 heteroatoms. The SMILES string of the molecule is COC1(CNc2ccc(C(=O)O)cc2[N+](=O)[O-])CCC1. The fourth-order valence-electron chi connectivity index (χ4n) is 2.25. The second kappa shape index (κ2) is 5.46. The maximum Gasteiger partial charge on any atom is 0.335 e. The second-order valence-corrected chi connectivity index (χ2v) is 4.89. The number of carbonyl (C=O) groups is 1. The van der Waals surface area contributed by atoms with Crippen LogP contribution in [0.1, 0.15) is 29.6 Å². The summed E-state index contributed by atoms with van der Waals surface area (Å²) in [7, 11) is 1.63. The zero-order valence-electron chi connectivity index (χ0n) is 11.1. The maximum absolute atomic E-state index is 11.0. The van der Waals surface area contributed by atoms with Crippen LogP contribution in [-0.4, -0.2) is 35.3 Å². The molecule has 108 valence electrons. The fraction of sp³-hybridized carbons (Fsp3) is 0.462. The molecule has 0 aromatic heterocycles. The molecule has 1 fully saturated rings. The molecule has 2 rings (SSSR count). The summed E-state index contributed by atoms with van der Waals surface area (Å²) >= 11 is 0. The molecule has 0 heterocycles. The first-order chi connectivity index (χ1) is 9.47. The van der Waals surface area contributed by atoms with Crippen LogP contribution in [-0.2, 0) is 4.74 Å². The van der Waals surface area contributed by atoms with E-state index in [1.807, 2.05) is 0 Å². The highest BCUT2D eigenvalue weighted by atomic mass is 16.6. The van der Waals surface area contributed by atoms with E-state index in [0.29, 0.717) is 12.2 Å². The van der Waals surface area contributed by atoms with Crippen molar-refractivity contribution in [1.82, 2.24) is 0 Å². The summed E-state index contributed by atoms with van der Waals surface area (Å²) in [5.41, 5.74) is -0.301. The van der Waals surface area contributed by atoms with Crippen LogP contribution in [0.4, 0.5) is 11.4 Å². The molecule has 1 saturated carbocycles. The first-order valence-corrected chi connectivity index (χ1v) is 6.28. The topological polar surface area (TPSA) is 102 Å². The lowest BCUT2D eigenvalue weighted by Gasteiger charge is -2.40. The van der Waals surface area contributed by atoms with Crippen LogP contribution >= 0.6 is 0 Å². The highest BCUT2D eigenvalue weighted by Crippen LogP contribution is 2.36. The van der Waals surface area contributed by atoms with Crippen LogP contribution in [0.3, 0.4) is 0 Å². The first-order valence-electron chi connectivity index (χ1n) is 6.28. The van der Waals surface area contributed by atoms with Crippen LogP contribution < -0.4 is 5.32 Å². The minimum atomic E-state index is -1.19. The summed E-state index contributed by atoms with van der Waals surface area (Å²) in [5.74, 6) is -1.19. The Labute approximate surface area is 115 Å². The largest absolute Gasteiger partial charge is 0.478 e. The molecule has 7 nitrogen and oxygen atoms in total. The Morgan fingerprint density at radius 2 is 2.25 bits per heavy atom. The van der Waals surface area contributed by atoms with Gasteiger partial charge in [-0.25, -0.2) is 4.79 Å². The standard InChI is InChI=1S/C13H16N2O5/c1-20-13(5-2-6-13)8-14-10-4-3-9(12(16)17)7-11(10)15(18)19/h3-4,7,14H,2,5-6,8H2,1H3,(H,16,17). The number of rotatable bonds is 6. The smallest absolute Gasteiger partial charge is 0.335 e. The number of methoxy groups -OCH3 is 1. The van der Waals surface area contributed by atoms with Crippen LogP contribution in [0, 0.1) is 10.1 Å². The first kappa shape index (κ1) is 14.3. The van der Waals surface area contributed by atoms with E-state index in [4.69, 9.17) is 9.84 Å². The van der Waals surface area contributed by atoms with Gasteiger partial charge in [-0.05, 0) is 31.4 Å². The van der Waals surface area contributed by atoms with Gasteiger partial charge in [0.2, 0.25) is 0 Å². The highest BCUT2D eigenvalue weighted by Gasteiger charge is 2.37. The van der Waals surface area contributed by atoms with Crippen LogP contribution in [0.2, 0.25) is 0 Å². The number of hydrogen-bond acceptors (Lipinski definition) is 5. The molecule has 2 N–H and O–H groups in total. The number of nitrogens with zero attached hydrogens (tertiary/aromatic N) is 1. The molecule has 1 aromatic rings. The van der Waals surface area contributed by atoms with E-state index in [2.05, 4.69) is 5.32 Å². The van der Waals surface area contributed by atoms with Crippen molar-refractivity contribution in [2.24, 2.45) is 0 Å². The van der Waals surface area contributed by atoms with Crippen molar-refractivity contribution in [3.8, 4) is 0 Å². The van der Waals surface area contributed by atoms with Gasteiger partial charge in [-0.15, -0.1) is 0 Å². The molecule has 1 aliphatic carbocycles. The van der Waals surface area contributed by atoms with E-state index in [1.165, 1.54) is 12.1 Å². The molecule has 0 unspecified atom stereocenters. The molecule has 0 atom stereocenters. The number of nitro benzene ring substituents is 1. The van der Waals surface area contributed by atoms with Crippen molar-refractivity contribution in [3.63, 3.8) is 0 Å². The summed E-state index contributed by atoms with van der Waals surface area (Å²) in [6.07, 6.45) is 2.91. The van der Waals surface area contributed by atoms with Gasteiger partial charge < -0.3 is 15.2 Å². The zero-order chi connectivity index (χ0) is 14.8. The molecule has 0 bridgehead atoms. The van der Waals surface area contributed by atoms with Gasteiger partial charge in [-0.1, -0.05) is 0 Å². The fourth-order valence-corrected chi connectivity index (χ4v) is 2.25. The summed E-state index contributed by atoms with van der Waals surface area (Å²) < 4.78 is 5.43. The van der Waals surface area contributed by atoms with Crippen molar-refractivity contribution in [3.05, 3.63) is 33.9 Å². The predicted molar refractivity (Wildman–Crippen MR) is 72.1 cm³/mol. The van der Waals surface area contributed by atoms with Crippen molar-refractivity contribution < 1.29 is 19.6 Å². The van der Waals surface area contributed by atoms with E-state index < -0.39 is 10.9 Å². The van der Waals surface area contributed by atoms with E-state index in [1.54, 1.807) is 7.11 Å². The van der Waals surface area contributed by atoms with Gasteiger partial charge in [0.25, 0.3) is 5.69 Å². The third-order valence-corrected chi connectivity index (χ3v) is 3.74. The predicted octanol–water partition coefficient (Wildman–Crippen LogP) is 2.27. The molecule has 0 radical (unpaired) electrons. The lowest BCUT2D eigenvalue weighted by molar-refractivity contribution is -0.384. The summed E-state index contributed by atoms with van der Waals surface area (Å²) in [5, 5.41) is 22.9. The zero-order valence-corrected chi connectivity index (χ0v) is 11.1. The van der Waals surface area contributed by atoms with Gasteiger partial charge in [0.15, 0.2) is 0 Å². The number of hydrogen-bond donors (Lipinski definition) is 2. The number of nitro groups is 1. The molecule has 20 heavy (non-hydrogen) atoms. The molecular formula is C13H16N2O5. The van der Waals surface area contributed by atoms with Gasteiger partial charge in [0, 0.05) is 19.7 Å². The minimum absolute atomic E-state index is 0.104. The van der Waals surface area contributed by atoms with Gasteiger partial charge in [-0.3, -0.25) is 10.1 Å². The molecule has 0 aliphatic heterocycles. The van der Waals surface area contributed by atoms with Crippen LogP contribution in [0.15, 0.2) is 18.2 Å². The number of aromatic carboxylic acids is 1. The Balaban J connectivity index is 2.18. The number of ether oxygens (including phenoxy) is 1. The van der Waals surface area contributed by atoms with Crippen molar-refractivity contribution >= 4 is 17.3 Å². The van der Waals surface area contributed by atoms with Gasteiger partial charge in [-0.2, -0.15) is 0 Å². The third kappa shape index (κ3) is 2.72. The maximum atomic E-state index is 11.0.